The quantitative estimate of drug-likeness (QED) is 0.865. The predicted molar refractivity (Wildman–Crippen MR) is 79.1 cm³/mol. The normalized spacial score (nSPS) is 14.7. The molecule has 0 saturated carbocycles. The molecule has 1 N–H and O–H groups in total. The Balaban J connectivity index is 1.86. The fourth-order valence-electron chi connectivity index (χ4n) is 2.52. The Morgan fingerprint density at radius 2 is 1.88 bits per heavy atom. The van der Waals surface area contributed by atoms with E-state index in [4.69, 9.17) is 0 Å². The van der Waals surface area contributed by atoms with Crippen LogP contribution in [0.4, 0.5) is 13.2 Å². The van der Waals surface area contributed by atoms with Gasteiger partial charge in [-0.05, 0) is 25.0 Å². The summed E-state index contributed by atoms with van der Waals surface area (Å²) in [5.74, 6) is -0.685. The lowest BCUT2D eigenvalue weighted by Crippen LogP contribution is -2.37. The number of carbonyl (C=O) groups excluding carboxylic acids is 2. The molecule has 0 atom stereocenters. The summed E-state index contributed by atoms with van der Waals surface area (Å²) in [6.45, 7) is 0.987. The van der Waals surface area contributed by atoms with E-state index in [2.05, 4.69) is 5.32 Å². The number of alkyl halides is 3. The summed E-state index contributed by atoms with van der Waals surface area (Å²) < 4.78 is 38.6. The highest BCUT2D eigenvalue weighted by Crippen LogP contribution is 2.25. The van der Waals surface area contributed by atoms with Gasteiger partial charge in [-0.25, -0.2) is 0 Å². The first-order valence-electron chi connectivity index (χ1n) is 7.60. The van der Waals surface area contributed by atoms with Gasteiger partial charge in [-0.15, -0.1) is 0 Å². The number of likely N-dealkylation sites (tertiary alicyclic amines) is 1. The van der Waals surface area contributed by atoms with Gasteiger partial charge in [-0.2, -0.15) is 13.2 Å². The van der Waals surface area contributed by atoms with Gasteiger partial charge in [-0.3, -0.25) is 14.4 Å². The summed E-state index contributed by atoms with van der Waals surface area (Å²) in [4.78, 5) is 37.0. The molecule has 0 aromatic carbocycles. The van der Waals surface area contributed by atoms with Crippen LogP contribution >= 0.6 is 0 Å². The Morgan fingerprint density at radius 1 is 1.21 bits per heavy atom. The summed E-state index contributed by atoms with van der Waals surface area (Å²) in [5.41, 5.74) is -2.59. The molecule has 24 heavy (non-hydrogen) atoms. The largest absolute Gasteiger partial charge is 0.421 e. The number of hydrogen-bond donors (Lipinski definition) is 1. The van der Waals surface area contributed by atoms with Gasteiger partial charge in [0.25, 0.3) is 5.56 Å². The van der Waals surface area contributed by atoms with Gasteiger partial charge in [0.2, 0.25) is 11.8 Å². The molecular weight excluding hydrogens is 327 g/mol. The van der Waals surface area contributed by atoms with E-state index in [9.17, 15) is 27.6 Å². The van der Waals surface area contributed by atoms with Gasteiger partial charge in [0.05, 0.1) is 0 Å². The van der Waals surface area contributed by atoms with Crippen molar-refractivity contribution in [1.82, 2.24) is 14.8 Å². The molecule has 0 unspecified atom stereocenters. The predicted octanol–water partition coefficient (Wildman–Crippen LogP) is 0.996. The van der Waals surface area contributed by atoms with Gasteiger partial charge >= 0.3 is 6.18 Å². The van der Waals surface area contributed by atoms with E-state index in [0.29, 0.717) is 23.7 Å². The summed E-state index contributed by atoms with van der Waals surface area (Å²) in [6, 6.07) is 1.74. The monoisotopic (exact) mass is 345 g/mol. The van der Waals surface area contributed by atoms with Crippen molar-refractivity contribution in [3.05, 3.63) is 34.2 Å². The number of hydrogen-bond acceptors (Lipinski definition) is 3. The number of carbonyl (C=O) groups is 2. The molecule has 0 aliphatic carbocycles. The van der Waals surface area contributed by atoms with Crippen molar-refractivity contribution < 1.29 is 22.8 Å². The van der Waals surface area contributed by atoms with E-state index in [1.54, 1.807) is 4.90 Å². The van der Waals surface area contributed by atoms with Crippen molar-refractivity contribution in [3.63, 3.8) is 0 Å². The number of nitrogens with zero attached hydrogens (tertiary/aromatic N) is 2. The lowest BCUT2D eigenvalue weighted by atomic mass is 10.2. The van der Waals surface area contributed by atoms with E-state index in [0.717, 1.165) is 25.1 Å². The van der Waals surface area contributed by atoms with Crippen molar-refractivity contribution in [3.8, 4) is 0 Å². The molecule has 2 amide bonds. The van der Waals surface area contributed by atoms with Crippen molar-refractivity contribution in [1.29, 1.82) is 0 Å². The molecule has 1 aromatic heterocycles. The highest BCUT2D eigenvalue weighted by atomic mass is 19.4. The van der Waals surface area contributed by atoms with Crippen LogP contribution in [0.2, 0.25) is 0 Å². The van der Waals surface area contributed by atoms with E-state index < -0.39 is 29.8 Å². The molecule has 6 nitrogen and oxygen atoms in total. The van der Waals surface area contributed by atoms with E-state index in [1.807, 2.05) is 0 Å². The molecule has 1 saturated heterocycles. The van der Waals surface area contributed by atoms with E-state index >= 15 is 0 Å². The molecule has 1 aliphatic heterocycles. The molecular formula is C15H18F3N3O3. The second-order valence-electron chi connectivity index (χ2n) is 5.54. The fourth-order valence-corrected chi connectivity index (χ4v) is 2.52. The number of rotatable bonds is 5. The third-order valence-electron chi connectivity index (χ3n) is 3.76. The first-order chi connectivity index (χ1) is 11.3. The highest BCUT2D eigenvalue weighted by Gasteiger charge is 2.34. The van der Waals surface area contributed by atoms with Crippen LogP contribution in [0, 0.1) is 0 Å². The molecule has 1 aromatic rings. The highest BCUT2D eigenvalue weighted by molar-refractivity contribution is 5.79. The number of halogens is 3. The summed E-state index contributed by atoms with van der Waals surface area (Å²) >= 11 is 0. The molecule has 1 aliphatic rings. The molecule has 2 rings (SSSR count). The number of nitrogens with one attached hydrogen (secondary N) is 1. The average Bonchev–Trinajstić information content (AvgIpc) is 3.02. The van der Waals surface area contributed by atoms with Crippen LogP contribution in [0.15, 0.2) is 23.1 Å². The Labute approximate surface area is 136 Å². The standard InChI is InChI=1S/C15H18F3N3O3/c16-15(17,18)11-4-3-9-21(14(11)24)10-12(22)19-6-5-13(23)20-7-1-2-8-20/h3-4,9H,1-2,5-8,10H2,(H,19,22). The molecule has 1 fully saturated rings. The van der Waals surface area contributed by atoms with Crippen molar-refractivity contribution in [2.75, 3.05) is 19.6 Å². The smallest absolute Gasteiger partial charge is 0.354 e. The van der Waals surface area contributed by atoms with Crippen molar-refractivity contribution in [2.45, 2.75) is 32.0 Å². The maximum atomic E-state index is 12.6. The summed E-state index contributed by atoms with van der Waals surface area (Å²) in [6.07, 6.45) is -1.58. The number of amides is 2. The first-order valence-corrected chi connectivity index (χ1v) is 7.60. The van der Waals surface area contributed by atoms with Crippen LogP contribution < -0.4 is 10.9 Å². The lowest BCUT2D eigenvalue weighted by Gasteiger charge is -2.15. The lowest BCUT2D eigenvalue weighted by molar-refractivity contribution is -0.139. The van der Waals surface area contributed by atoms with Gasteiger partial charge < -0.3 is 14.8 Å². The number of aromatic nitrogens is 1. The average molecular weight is 345 g/mol. The van der Waals surface area contributed by atoms with Gasteiger partial charge in [0.1, 0.15) is 12.1 Å². The van der Waals surface area contributed by atoms with Gasteiger partial charge in [0, 0.05) is 32.3 Å². The minimum Gasteiger partial charge on any atom is -0.354 e. The van der Waals surface area contributed by atoms with Gasteiger partial charge in [-0.1, -0.05) is 0 Å². The Morgan fingerprint density at radius 3 is 2.50 bits per heavy atom. The minimum absolute atomic E-state index is 0.0657. The van der Waals surface area contributed by atoms with Crippen LogP contribution in [0.3, 0.4) is 0 Å². The number of pyridine rings is 1. The Hall–Kier alpha value is -2.32. The molecule has 0 bridgehead atoms. The fraction of sp³-hybridized carbons (Fsp3) is 0.533. The molecule has 132 valence electrons. The van der Waals surface area contributed by atoms with Crippen LogP contribution in [-0.4, -0.2) is 40.9 Å². The zero-order chi connectivity index (χ0) is 17.7. The van der Waals surface area contributed by atoms with E-state index in [1.165, 1.54) is 0 Å². The van der Waals surface area contributed by atoms with Gasteiger partial charge in [0.15, 0.2) is 0 Å². The van der Waals surface area contributed by atoms with Crippen molar-refractivity contribution in [2.24, 2.45) is 0 Å². The van der Waals surface area contributed by atoms with Crippen LogP contribution in [-0.2, 0) is 22.3 Å². The Kier molecular flexibility index (Phi) is 5.63. The van der Waals surface area contributed by atoms with Crippen LogP contribution in [0.1, 0.15) is 24.8 Å². The first kappa shape index (κ1) is 18.0. The Bertz CT molecular complexity index is 664. The molecule has 2 heterocycles. The second-order valence-corrected chi connectivity index (χ2v) is 5.54. The zero-order valence-electron chi connectivity index (χ0n) is 12.9. The maximum Gasteiger partial charge on any atom is 0.421 e. The second kappa shape index (κ2) is 7.50. The topological polar surface area (TPSA) is 71.4 Å². The zero-order valence-corrected chi connectivity index (χ0v) is 12.9. The SMILES string of the molecule is O=C(Cn1cccc(C(F)(F)F)c1=O)NCCC(=O)N1CCCC1. The minimum atomic E-state index is -4.77. The maximum absolute atomic E-state index is 12.6. The van der Waals surface area contributed by atoms with Crippen molar-refractivity contribution >= 4 is 11.8 Å². The third-order valence-corrected chi connectivity index (χ3v) is 3.76. The summed E-state index contributed by atoms with van der Waals surface area (Å²) in [5, 5.41) is 2.44. The molecule has 0 radical (unpaired) electrons. The van der Waals surface area contributed by atoms with E-state index in [-0.39, 0.29) is 18.9 Å². The summed E-state index contributed by atoms with van der Waals surface area (Å²) in [7, 11) is 0. The third kappa shape index (κ3) is 4.59. The molecule has 9 heteroatoms. The van der Waals surface area contributed by atoms with Crippen LogP contribution in [0.25, 0.3) is 0 Å². The molecule has 0 spiro atoms. The van der Waals surface area contributed by atoms with Crippen LogP contribution in [0.5, 0.6) is 0 Å².